The quantitative estimate of drug-likeness (QED) is 0.652. The maximum Gasteiger partial charge on any atom is 0.248 e. The van der Waals surface area contributed by atoms with Gasteiger partial charge in [-0.15, -0.1) is 0 Å². The molecular weight excluding hydrogens is 180 g/mol. The molecule has 0 radical (unpaired) electrons. The number of ether oxygens (including phenoxy) is 1. The molecule has 0 aliphatic heterocycles. The summed E-state index contributed by atoms with van der Waals surface area (Å²) in [4.78, 5) is 13.4. The Bertz CT molecular complexity index is 179. The standard InChI is InChI=1S/C10H20N2O2/c1-12(9-4-2-3-5-9)10(13)8-14-7-6-11/h9H,2-8,11H2,1H3. The highest BCUT2D eigenvalue weighted by atomic mass is 16.5. The predicted molar refractivity (Wildman–Crippen MR) is 54.9 cm³/mol. The molecular formula is C10H20N2O2. The fourth-order valence-electron chi connectivity index (χ4n) is 1.84. The van der Waals surface area contributed by atoms with Gasteiger partial charge in [-0.3, -0.25) is 4.79 Å². The topological polar surface area (TPSA) is 55.6 Å². The number of likely N-dealkylation sites (N-methyl/N-ethyl adjacent to an activating group) is 1. The van der Waals surface area contributed by atoms with Crippen LogP contribution in [-0.4, -0.2) is 43.7 Å². The molecule has 4 heteroatoms. The van der Waals surface area contributed by atoms with Crippen LogP contribution >= 0.6 is 0 Å². The van der Waals surface area contributed by atoms with Crippen molar-refractivity contribution in [1.82, 2.24) is 4.90 Å². The Morgan fingerprint density at radius 2 is 2.14 bits per heavy atom. The molecule has 1 rings (SSSR count). The minimum absolute atomic E-state index is 0.0744. The zero-order valence-electron chi connectivity index (χ0n) is 8.87. The molecule has 0 heterocycles. The van der Waals surface area contributed by atoms with E-state index in [4.69, 9.17) is 10.5 Å². The summed E-state index contributed by atoms with van der Waals surface area (Å²) < 4.78 is 5.11. The number of carbonyl (C=O) groups is 1. The van der Waals surface area contributed by atoms with Crippen LogP contribution < -0.4 is 5.73 Å². The Hall–Kier alpha value is -0.610. The fourth-order valence-corrected chi connectivity index (χ4v) is 1.84. The average molecular weight is 200 g/mol. The summed E-state index contributed by atoms with van der Waals surface area (Å²) in [6.45, 7) is 1.11. The van der Waals surface area contributed by atoms with Gasteiger partial charge in [0.25, 0.3) is 0 Å². The molecule has 0 unspecified atom stereocenters. The monoisotopic (exact) mass is 200 g/mol. The van der Waals surface area contributed by atoms with Crippen molar-refractivity contribution in [3.8, 4) is 0 Å². The fraction of sp³-hybridized carbons (Fsp3) is 0.900. The van der Waals surface area contributed by atoms with Crippen LogP contribution in [0.15, 0.2) is 0 Å². The van der Waals surface area contributed by atoms with Gasteiger partial charge in [0, 0.05) is 19.6 Å². The van der Waals surface area contributed by atoms with E-state index >= 15 is 0 Å². The SMILES string of the molecule is CN(C(=O)COCCN)C1CCCC1. The van der Waals surface area contributed by atoms with Crippen LogP contribution in [0, 0.1) is 0 Å². The van der Waals surface area contributed by atoms with Crippen molar-refractivity contribution < 1.29 is 9.53 Å². The van der Waals surface area contributed by atoms with Crippen LogP contribution in [-0.2, 0) is 9.53 Å². The second-order valence-corrected chi connectivity index (χ2v) is 3.78. The highest BCUT2D eigenvalue weighted by Crippen LogP contribution is 2.22. The van der Waals surface area contributed by atoms with Gasteiger partial charge >= 0.3 is 0 Å². The lowest BCUT2D eigenvalue weighted by Crippen LogP contribution is -2.37. The number of rotatable bonds is 5. The smallest absolute Gasteiger partial charge is 0.248 e. The zero-order chi connectivity index (χ0) is 10.4. The second-order valence-electron chi connectivity index (χ2n) is 3.78. The van der Waals surface area contributed by atoms with Gasteiger partial charge in [0.1, 0.15) is 6.61 Å². The number of nitrogens with zero attached hydrogens (tertiary/aromatic N) is 1. The highest BCUT2D eigenvalue weighted by molar-refractivity contribution is 5.77. The third kappa shape index (κ3) is 3.27. The zero-order valence-corrected chi connectivity index (χ0v) is 8.87. The van der Waals surface area contributed by atoms with Gasteiger partial charge in [-0.1, -0.05) is 12.8 Å². The third-order valence-electron chi connectivity index (χ3n) is 2.75. The van der Waals surface area contributed by atoms with Crippen molar-refractivity contribution in [3.63, 3.8) is 0 Å². The molecule has 1 aliphatic carbocycles. The normalized spacial score (nSPS) is 17.3. The van der Waals surface area contributed by atoms with Gasteiger partial charge in [0.05, 0.1) is 6.61 Å². The van der Waals surface area contributed by atoms with E-state index in [0.29, 0.717) is 19.2 Å². The third-order valence-corrected chi connectivity index (χ3v) is 2.75. The molecule has 0 aromatic heterocycles. The first-order valence-corrected chi connectivity index (χ1v) is 5.29. The molecule has 1 fully saturated rings. The molecule has 0 atom stereocenters. The minimum atomic E-state index is 0.0744. The lowest BCUT2D eigenvalue weighted by atomic mass is 10.2. The summed E-state index contributed by atoms with van der Waals surface area (Å²) in [5.74, 6) is 0.0744. The summed E-state index contributed by atoms with van der Waals surface area (Å²) in [7, 11) is 1.87. The number of hydrogen-bond acceptors (Lipinski definition) is 3. The summed E-state index contributed by atoms with van der Waals surface area (Å²) >= 11 is 0. The Balaban J connectivity index is 2.21. The number of nitrogens with two attached hydrogens (primary N) is 1. The van der Waals surface area contributed by atoms with E-state index in [9.17, 15) is 4.79 Å². The molecule has 1 aliphatic rings. The van der Waals surface area contributed by atoms with Gasteiger partial charge in [-0.05, 0) is 12.8 Å². The first kappa shape index (κ1) is 11.5. The molecule has 0 aromatic rings. The molecule has 1 saturated carbocycles. The van der Waals surface area contributed by atoms with E-state index < -0.39 is 0 Å². The first-order chi connectivity index (χ1) is 6.75. The van der Waals surface area contributed by atoms with E-state index in [1.165, 1.54) is 12.8 Å². The van der Waals surface area contributed by atoms with Crippen molar-refractivity contribution in [1.29, 1.82) is 0 Å². The first-order valence-electron chi connectivity index (χ1n) is 5.29. The lowest BCUT2D eigenvalue weighted by Gasteiger charge is -2.24. The maximum atomic E-state index is 11.6. The van der Waals surface area contributed by atoms with E-state index in [1.807, 2.05) is 11.9 Å². The Kier molecular flexibility index (Phi) is 4.90. The predicted octanol–water partition coefficient (Wildman–Crippen LogP) is 0.363. The Morgan fingerprint density at radius 1 is 1.50 bits per heavy atom. The summed E-state index contributed by atoms with van der Waals surface area (Å²) in [5.41, 5.74) is 5.26. The molecule has 0 aromatic carbocycles. The summed E-state index contributed by atoms with van der Waals surface area (Å²) in [6, 6.07) is 0.434. The van der Waals surface area contributed by atoms with E-state index in [0.717, 1.165) is 12.8 Å². The average Bonchev–Trinajstić information content (AvgIpc) is 2.69. The van der Waals surface area contributed by atoms with Crippen LogP contribution in [0.5, 0.6) is 0 Å². The van der Waals surface area contributed by atoms with Crippen LogP contribution in [0.4, 0.5) is 0 Å². The van der Waals surface area contributed by atoms with Crippen LogP contribution in [0.2, 0.25) is 0 Å². The van der Waals surface area contributed by atoms with Gasteiger partial charge < -0.3 is 15.4 Å². The number of carbonyl (C=O) groups excluding carboxylic acids is 1. The van der Waals surface area contributed by atoms with E-state index in [2.05, 4.69) is 0 Å². The Labute approximate surface area is 85.4 Å². The van der Waals surface area contributed by atoms with Gasteiger partial charge in [-0.2, -0.15) is 0 Å². The molecule has 14 heavy (non-hydrogen) atoms. The Morgan fingerprint density at radius 3 is 2.71 bits per heavy atom. The largest absolute Gasteiger partial charge is 0.370 e. The van der Waals surface area contributed by atoms with Crippen LogP contribution in [0.1, 0.15) is 25.7 Å². The minimum Gasteiger partial charge on any atom is -0.370 e. The van der Waals surface area contributed by atoms with Crippen molar-refractivity contribution in [2.24, 2.45) is 5.73 Å². The lowest BCUT2D eigenvalue weighted by molar-refractivity contribution is -0.136. The van der Waals surface area contributed by atoms with E-state index in [1.54, 1.807) is 0 Å². The summed E-state index contributed by atoms with van der Waals surface area (Å²) in [5, 5.41) is 0. The number of amides is 1. The number of hydrogen-bond donors (Lipinski definition) is 1. The van der Waals surface area contributed by atoms with Crippen LogP contribution in [0.3, 0.4) is 0 Å². The molecule has 0 saturated heterocycles. The highest BCUT2D eigenvalue weighted by Gasteiger charge is 2.22. The van der Waals surface area contributed by atoms with Gasteiger partial charge in [0.2, 0.25) is 5.91 Å². The molecule has 0 spiro atoms. The maximum absolute atomic E-state index is 11.6. The second kappa shape index (κ2) is 5.98. The van der Waals surface area contributed by atoms with Crippen molar-refractivity contribution in [2.75, 3.05) is 26.8 Å². The van der Waals surface area contributed by atoms with Crippen molar-refractivity contribution in [3.05, 3.63) is 0 Å². The molecule has 82 valence electrons. The van der Waals surface area contributed by atoms with Gasteiger partial charge in [-0.25, -0.2) is 0 Å². The molecule has 2 N–H and O–H groups in total. The van der Waals surface area contributed by atoms with E-state index in [-0.39, 0.29) is 12.5 Å². The summed E-state index contributed by atoms with van der Waals surface area (Å²) in [6.07, 6.45) is 4.76. The molecule has 0 bridgehead atoms. The van der Waals surface area contributed by atoms with Crippen LogP contribution in [0.25, 0.3) is 0 Å². The molecule has 1 amide bonds. The van der Waals surface area contributed by atoms with Crippen molar-refractivity contribution in [2.45, 2.75) is 31.7 Å². The van der Waals surface area contributed by atoms with Gasteiger partial charge in [0.15, 0.2) is 0 Å². The van der Waals surface area contributed by atoms with Crippen molar-refractivity contribution >= 4 is 5.91 Å². The molecule has 4 nitrogen and oxygen atoms in total.